The van der Waals surface area contributed by atoms with Crippen molar-refractivity contribution in [2.45, 2.75) is 45.6 Å². The Bertz CT molecular complexity index is 1280. The minimum absolute atomic E-state index is 0.196. The van der Waals surface area contributed by atoms with Crippen LogP contribution in [0.1, 0.15) is 50.5 Å². The molecule has 3 aromatic rings. The van der Waals surface area contributed by atoms with Crippen LogP contribution in [0.3, 0.4) is 0 Å². The van der Waals surface area contributed by atoms with E-state index in [1.165, 1.54) is 11.3 Å². The fourth-order valence-corrected chi connectivity index (χ4v) is 4.46. The van der Waals surface area contributed by atoms with Crippen molar-refractivity contribution in [2.24, 2.45) is 0 Å². The van der Waals surface area contributed by atoms with Crippen molar-refractivity contribution in [2.75, 3.05) is 18.4 Å². The molecule has 0 aliphatic carbocycles. The Morgan fingerprint density at radius 2 is 1.73 bits per heavy atom. The molecule has 3 N–H and O–H groups in total. The number of alkyl carbamates (subject to hydrolysis) is 1. The van der Waals surface area contributed by atoms with Gasteiger partial charge in [0.2, 0.25) is 5.91 Å². The maximum absolute atomic E-state index is 12.7. The maximum atomic E-state index is 12.7. The number of aromatic nitrogens is 1. The Morgan fingerprint density at radius 1 is 1.00 bits per heavy atom. The number of anilines is 1. The third-order valence-electron chi connectivity index (χ3n) is 5.26. The van der Waals surface area contributed by atoms with Crippen LogP contribution in [0, 0.1) is 0 Å². The second-order valence-corrected chi connectivity index (χ2v) is 11.9. The predicted octanol–water partition coefficient (Wildman–Crippen LogP) is 5.74. The van der Waals surface area contributed by atoms with Crippen molar-refractivity contribution in [1.29, 1.82) is 0 Å². The average molecular weight is 588 g/mol. The lowest BCUT2D eigenvalue weighted by Crippen LogP contribution is -2.40. The Balaban J connectivity index is 1.54. The molecule has 0 atom stereocenters. The topological polar surface area (TPSA) is 109 Å². The number of thiazole rings is 1. The molecule has 0 saturated carbocycles. The Hall–Kier alpha value is -3.24. The molecule has 1 aromatic heterocycles. The molecule has 10 heteroatoms. The number of carbonyl (C=O) groups excluding carboxylic acids is 3. The smallest absolute Gasteiger partial charge is 0.407 e. The predicted molar refractivity (Wildman–Crippen MR) is 150 cm³/mol. The summed E-state index contributed by atoms with van der Waals surface area (Å²) in [6.07, 6.45) is -0.496. The van der Waals surface area contributed by atoms with E-state index >= 15 is 0 Å². The summed E-state index contributed by atoms with van der Waals surface area (Å²) >= 11 is 4.76. The van der Waals surface area contributed by atoms with E-state index in [0.717, 1.165) is 21.3 Å². The number of benzene rings is 2. The van der Waals surface area contributed by atoms with E-state index in [1.807, 2.05) is 49.6 Å². The molecule has 2 aromatic carbocycles. The van der Waals surface area contributed by atoms with Crippen LogP contribution < -0.4 is 16.0 Å². The van der Waals surface area contributed by atoms with Gasteiger partial charge in [0.25, 0.3) is 5.91 Å². The van der Waals surface area contributed by atoms with E-state index in [4.69, 9.17) is 4.74 Å². The van der Waals surface area contributed by atoms with Crippen molar-refractivity contribution < 1.29 is 19.1 Å². The SMILES string of the molecule is CC(C)(C)OC(=O)NCC(C)(C)c1cccc(C(=O)NCC(=O)Nc2nc(-c3cccc(Br)c3)cs2)c1. The summed E-state index contributed by atoms with van der Waals surface area (Å²) in [6, 6.07) is 14.8. The van der Waals surface area contributed by atoms with E-state index in [1.54, 1.807) is 39.0 Å². The fraction of sp³-hybridized carbons (Fsp3) is 0.333. The maximum Gasteiger partial charge on any atom is 0.407 e. The van der Waals surface area contributed by atoms with Gasteiger partial charge in [-0.1, -0.05) is 54.0 Å². The number of ether oxygens (including phenoxy) is 1. The highest BCUT2D eigenvalue weighted by Gasteiger charge is 2.24. The van der Waals surface area contributed by atoms with Crippen LogP contribution in [0.2, 0.25) is 0 Å². The molecule has 0 fully saturated rings. The highest BCUT2D eigenvalue weighted by atomic mass is 79.9. The van der Waals surface area contributed by atoms with Gasteiger partial charge in [0.05, 0.1) is 12.2 Å². The van der Waals surface area contributed by atoms with E-state index in [0.29, 0.717) is 17.2 Å². The summed E-state index contributed by atoms with van der Waals surface area (Å²) in [4.78, 5) is 41.6. The van der Waals surface area contributed by atoms with Gasteiger partial charge in [-0.05, 0) is 50.6 Å². The van der Waals surface area contributed by atoms with Gasteiger partial charge in [0.15, 0.2) is 5.13 Å². The van der Waals surface area contributed by atoms with Crippen LogP contribution in [0.5, 0.6) is 0 Å². The van der Waals surface area contributed by atoms with Crippen LogP contribution in [-0.4, -0.2) is 41.6 Å². The Morgan fingerprint density at radius 3 is 2.43 bits per heavy atom. The van der Waals surface area contributed by atoms with Crippen molar-refractivity contribution in [3.63, 3.8) is 0 Å². The summed E-state index contributed by atoms with van der Waals surface area (Å²) in [7, 11) is 0. The normalized spacial score (nSPS) is 11.5. The molecule has 3 rings (SSSR count). The zero-order valence-corrected chi connectivity index (χ0v) is 23.9. The molecule has 0 aliphatic rings. The number of nitrogens with zero attached hydrogens (tertiary/aromatic N) is 1. The third-order valence-corrected chi connectivity index (χ3v) is 6.51. The zero-order chi connectivity index (χ0) is 27.2. The molecular weight excluding hydrogens is 556 g/mol. The van der Waals surface area contributed by atoms with Crippen LogP contribution in [-0.2, 0) is 14.9 Å². The van der Waals surface area contributed by atoms with Crippen LogP contribution in [0.15, 0.2) is 58.4 Å². The molecule has 3 amide bonds. The van der Waals surface area contributed by atoms with Crippen molar-refractivity contribution in [1.82, 2.24) is 15.6 Å². The fourth-order valence-electron chi connectivity index (χ4n) is 3.33. The van der Waals surface area contributed by atoms with Gasteiger partial charge in [-0.25, -0.2) is 9.78 Å². The zero-order valence-electron chi connectivity index (χ0n) is 21.5. The number of hydrogen-bond donors (Lipinski definition) is 3. The van der Waals surface area contributed by atoms with Crippen molar-refractivity contribution >= 4 is 50.3 Å². The molecule has 0 aliphatic heterocycles. The summed E-state index contributed by atoms with van der Waals surface area (Å²) in [6.45, 7) is 9.47. The van der Waals surface area contributed by atoms with E-state index < -0.39 is 17.1 Å². The highest BCUT2D eigenvalue weighted by Crippen LogP contribution is 2.27. The molecule has 0 radical (unpaired) electrons. The number of carbonyl (C=O) groups is 3. The lowest BCUT2D eigenvalue weighted by molar-refractivity contribution is -0.115. The molecule has 0 unspecified atom stereocenters. The van der Waals surface area contributed by atoms with Crippen molar-refractivity contribution in [3.05, 3.63) is 69.5 Å². The van der Waals surface area contributed by atoms with E-state index in [2.05, 4.69) is 36.9 Å². The molecule has 37 heavy (non-hydrogen) atoms. The lowest BCUT2D eigenvalue weighted by atomic mass is 9.84. The Labute approximate surface area is 229 Å². The first kappa shape index (κ1) is 28.3. The second-order valence-electron chi connectivity index (χ2n) is 10.1. The average Bonchev–Trinajstić information content (AvgIpc) is 3.29. The molecular formula is C27H31BrN4O4S. The molecule has 0 saturated heterocycles. The van der Waals surface area contributed by atoms with Crippen LogP contribution >= 0.6 is 27.3 Å². The van der Waals surface area contributed by atoms with Crippen molar-refractivity contribution in [3.8, 4) is 11.3 Å². The molecule has 196 valence electrons. The summed E-state index contributed by atoms with van der Waals surface area (Å²) in [5, 5.41) is 10.5. The van der Waals surface area contributed by atoms with Gasteiger partial charge in [-0.3, -0.25) is 9.59 Å². The first-order valence-corrected chi connectivity index (χ1v) is 13.4. The van der Waals surface area contributed by atoms with Gasteiger partial charge >= 0.3 is 6.09 Å². The molecule has 8 nitrogen and oxygen atoms in total. The quantitative estimate of drug-likeness (QED) is 0.311. The van der Waals surface area contributed by atoms with E-state index in [-0.39, 0.29) is 18.4 Å². The van der Waals surface area contributed by atoms with Gasteiger partial charge in [0.1, 0.15) is 5.60 Å². The minimum atomic E-state index is -0.584. The van der Waals surface area contributed by atoms with Gasteiger partial charge in [-0.2, -0.15) is 0 Å². The van der Waals surface area contributed by atoms with Gasteiger partial charge in [-0.15, -0.1) is 11.3 Å². The second kappa shape index (κ2) is 11.9. The molecule has 0 spiro atoms. The number of hydrogen-bond acceptors (Lipinski definition) is 6. The summed E-state index contributed by atoms with van der Waals surface area (Å²) in [5.41, 5.74) is 1.93. The monoisotopic (exact) mass is 586 g/mol. The Kier molecular flexibility index (Phi) is 9.09. The highest BCUT2D eigenvalue weighted by molar-refractivity contribution is 9.10. The van der Waals surface area contributed by atoms with Gasteiger partial charge < -0.3 is 20.7 Å². The first-order valence-electron chi connectivity index (χ1n) is 11.7. The van der Waals surface area contributed by atoms with Crippen LogP contribution in [0.4, 0.5) is 9.93 Å². The summed E-state index contributed by atoms with van der Waals surface area (Å²) in [5.74, 6) is -0.747. The minimum Gasteiger partial charge on any atom is -0.444 e. The number of rotatable bonds is 8. The molecule has 1 heterocycles. The molecule has 0 bridgehead atoms. The third kappa shape index (κ3) is 8.68. The van der Waals surface area contributed by atoms with E-state index in [9.17, 15) is 14.4 Å². The first-order chi connectivity index (χ1) is 17.3. The summed E-state index contributed by atoms with van der Waals surface area (Å²) < 4.78 is 6.24. The standard InChI is InChI=1S/C27H31BrN4O4S/c1-26(2,3)36-25(35)30-16-27(4,5)19-10-6-9-18(12-19)23(34)29-14-22(33)32-24-31-21(15-37-24)17-8-7-11-20(28)13-17/h6-13,15H,14,16H2,1-5H3,(H,29,34)(H,30,35)(H,31,32,33). The number of amides is 3. The largest absolute Gasteiger partial charge is 0.444 e. The number of nitrogens with one attached hydrogen (secondary N) is 3. The lowest BCUT2D eigenvalue weighted by Gasteiger charge is -2.27. The number of halogens is 1. The van der Waals surface area contributed by atoms with Crippen LogP contribution in [0.25, 0.3) is 11.3 Å². The van der Waals surface area contributed by atoms with Gasteiger partial charge in [0, 0.05) is 32.9 Å².